The highest BCUT2D eigenvalue weighted by Crippen LogP contribution is 2.15. The van der Waals surface area contributed by atoms with Crippen molar-refractivity contribution in [2.75, 3.05) is 13.1 Å². The third kappa shape index (κ3) is 1.82. The van der Waals surface area contributed by atoms with Crippen molar-refractivity contribution in [2.24, 2.45) is 0 Å². The smallest absolute Gasteiger partial charge is 0.0929 e. The highest BCUT2D eigenvalue weighted by Gasteiger charge is 2.32. The standard InChI is InChI=1S/C8H15NO/c1-2-3-4-5-8(10)6-9-7-8/h3-4,9-10H,2,5-7H2,1H3/b4-3+. The maximum Gasteiger partial charge on any atom is 0.0929 e. The van der Waals surface area contributed by atoms with Crippen LogP contribution in [-0.2, 0) is 0 Å². The minimum Gasteiger partial charge on any atom is -0.387 e. The van der Waals surface area contributed by atoms with Gasteiger partial charge < -0.3 is 10.4 Å². The van der Waals surface area contributed by atoms with Crippen LogP contribution in [-0.4, -0.2) is 23.8 Å². The molecule has 0 unspecified atom stereocenters. The van der Waals surface area contributed by atoms with Crippen molar-refractivity contribution in [2.45, 2.75) is 25.4 Å². The molecule has 1 aliphatic heterocycles. The molecule has 2 N–H and O–H groups in total. The molecule has 0 radical (unpaired) electrons. The Hall–Kier alpha value is -0.340. The average molecular weight is 141 g/mol. The average Bonchev–Trinajstić information content (AvgIpc) is 1.85. The number of β-amino-alcohol motifs (C(OH)–C–C–N with tert-alkyl or cyclic N) is 1. The van der Waals surface area contributed by atoms with Crippen LogP contribution >= 0.6 is 0 Å². The predicted molar refractivity (Wildman–Crippen MR) is 41.9 cm³/mol. The first kappa shape index (κ1) is 7.76. The molecule has 10 heavy (non-hydrogen) atoms. The molecule has 0 bridgehead atoms. The van der Waals surface area contributed by atoms with Crippen molar-refractivity contribution in [1.82, 2.24) is 5.32 Å². The van der Waals surface area contributed by atoms with Crippen molar-refractivity contribution in [1.29, 1.82) is 0 Å². The number of nitrogens with one attached hydrogen (secondary N) is 1. The largest absolute Gasteiger partial charge is 0.387 e. The lowest BCUT2D eigenvalue weighted by Crippen LogP contribution is -2.59. The zero-order chi connectivity index (χ0) is 7.45. The van der Waals surface area contributed by atoms with Crippen LogP contribution in [0.15, 0.2) is 12.2 Å². The molecular formula is C8H15NO. The van der Waals surface area contributed by atoms with Crippen LogP contribution in [0.4, 0.5) is 0 Å². The fraction of sp³-hybridized carbons (Fsp3) is 0.750. The Labute approximate surface area is 61.9 Å². The van der Waals surface area contributed by atoms with Gasteiger partial charge in [-0.15, -0.1) is 0 Å². The summed E-state index contributed by atoms with van der Waals surface area (Å²) in [4.78, 5) is 0. The summed E-state index contributed by atoms with van der Waals surface area (Å²) in [5, 5.41) is 12.6. The summed E-state index contributed by atoms with van der Waals surface area (Å²) >= 11 is 0. The maximum atomic E-state index is 9.52. The lowest BCUT2D eigenvalue weighted by Gasteiger charge is -2.36. The molecule has 1 saturated heterocycles. The quantitative estimate of drug-likeness (QED) is 0.566. The molecule has 1 fully saturated rings. The zero-order valence-corrected chi connectivity index (χ0v) is 6.43. The van der Waals surface area contributed by atoms with E-state index in [9.17, 15) is 5.11 Å². The fourth-order valence-electron chi connectivity index (χ4n) is 1.03. The summed E-state index contributed by atoms with van der Waals surface area (Å²) in [5.41, 5.74) is -0.425. The Balaban J connectivity index is 2.17. The minimum absolute atomic E-state index is 0.425. The van der Waals surface area contributed by atoms with Crippen molar-refractivity contribution < 1.29 is 5.11 Å². The fourth-order valence-corrected chi connectivity index (χ4v) is 1.03. The summed E-state index contributed by atoms with van der Waals surface area (Å²) in [7, 11) is 0. The van der Waals surface area contributed by atoms with E-state index in [-0.39, 0.29) is 0 Å². The number of allylic oxidation sites excluding steroid dienone is 1. The second-order valence-electron chi connectivity index (χ2n) is 2.91. The molecule has 0 saturated carbocycles. The summed E-state index contributed by atoms with van der Waals surface area (Å²) in [6, 6.07) is 0. The molecule has 58 valence electrons. The molecule has 0 aromatic rings. The lowest BCUT2D eigenvalue weighted by molar-refractivity contribution is -0.00663. The summed E-state index contributed by atoms with van der Waals surface area (Å²) in [6.45, 7) is 3.60. The topological polar surface area (TPSA) is 32.3 Å². The molecule has 2 nitrogen and oxygen atoms in total. The van der Waals surface area contributed by atoms with Gasteiger partial charge in [0.25, 0.3) is 0 Å². The van der Waals surface area contributed by atoms with E-state index in [4.69, 9.17) is 0 Å². The van der Waals surface area contributed by atoms with Gasteiger partial charge in [-0.3, -0.25) is 0 Å². The van der Waals surface area contributed by atoms with Gasteiger partial charge in [-0.05, 0) is 12.8 Å². The van der Waals surface area contributed by atoms with Gasteiger partial charge in [0.05, 0.1) is 5.60 Å². The van der Waals surface area contributed by atoms with E-state index < -0.39 is 5.60 Å². The third-order valence-electron chi connectivity index (χ3n) is 1.81. The number of aliphatic hydroxyl groups is 1. The van der Waals surface area contributed by atoms with Crippen LogP contribution < -0.4 is 5.32 Å². The number of hydrogen-bond acceptors (Lipinski definition) is 2. The van der Waals surface area contributed by atoms with Crippen molar-refractivity contribution >= 4 is 0 Å². The van der Waals surface area contributed by atoms with Crippen molar-refractivity contribution in [3.8, 4) is 0 Å². The normalized spacial score (nSPS) is 23.0. The molecule has 0 atom stereocenters. The van der Waals surface area contributed by atoms with Crippen molar-refractivity contribution in [3.63, 3.8) is 0 Å². The van der Waals surface area contributed by atoms with Gasteiger partial charge in [-0.2, -0.15) is 0 Å². The molecular weight excluding hydrogens is 126 g/mol. The molecule has 0 amide bonds. The highest BCUT2D eigenvalue weighted by molar-refractivity contribution is 4.99. The van der Waals surface area contributed by atoms with Gasteiger partial charge in [0.2, 0.25) is 0 Å². The molecule has 0 spiro atoms. The Morgan fingerprint density at radius 2 is 2.20 bits per heavy atom. The first-order valence-electron chi connectivity index (χ1n) is 3.85. The number of rotatable bonds is 3. The van der Waals surface area contributed by atoms with Crippen LogP contribution in [0.1, 0.15) is 19.8 Å². The summed E-state index contributed by atoms with van der Waals surface area (Å²) < 4.78 is 0. The van der Waals surface area contributed by atoms with E-state index in [1.54, 1.807) is 0 Å². The first-order chi connectivity index (χ1) is 4.77. The van der Waals surface area contributed by atoms with Crippen molar-refractivity contribution in [3.05, 3.63) is 12.2 Å². The molecule has 0 aliphatic carbocycles. The Morgan fingerprint density at radius 3 is 2.60 bits per heavy atom. The molecule has 2 heteroatoms. The van der Waals surface area contributed by atoms with E-state index in [0.717, 1.165) is 25.9 Å². The monoisotopic (exact) mass is 141 g/mol. The summed E-state index contributed by atoms with van der Waals surface area (Å²) in [6.07, 6.45) is 6.01. The van der Waals surface area contributed by atoms with Crippen LogP contribution in [0.5, 0.6) is 0 Å². The minimum atomic E-state index is -0.425. The second kappa shape index (κ2) is 3.17. The summed E-state index contributed by atoms with van der Waals surface area (Å²) in [5.74, 6) is 0. The van der Waals surface area contributed by atoms with Gasteiger partial charge in [0.15, 0.2) is 0 Å². The predicted octanol–water partition coefficient (Wildman–Crippen LogP) is 0.677. The molecule has 0 aromatic heterocycles. The van der Waals surface area contributed by atoms with Gasteiger partial charge >= 0.3 is 0 Å². The molecule has 1 rings (SSSR count). The molecule has 0 aromatic carbocycles. The third-order valence-corrected chi connectivity index (χ3v) is 1.81. The van der Waals surface area contributed by atoms with Gasteiger partial charge in [0, 0.05) is 13.1 Å². The van der Waals surface area contributed by atoms with E-state index in [2.05, 4.69) is 24.4 Å². The van der Waals surface area contributed by atoms with E-state index >= 15 is 0 Å². The van der Waals surface area contributed by atoms with Crippen LogP contribution in [0.2, 0.25) is 0 Å². The molecule has 1 heterocycles. The van der Waals surface area contributed by atoms with E-state index in [1.165, 1.54) is 0 Å². The van der Waals surface area contributed by atoms with Gasteiger partial charge in [0.1, 0.15) is 0 Å². The Morgan fingerprint density at radius 1 is 1.50 bits per heavy atom. The number of hydrogen-bond donors (Lipinski definition) is 2. The van der Waals surface area contributed by atoms with Gasteiger partial charge in [-0.25, -0.2) is 0 Å². The van der Waals surface area contributed by atoms with Crippen LogP contribution in [0.3, 0.4) is 0 Å². The van der Waals surface area contributed by atoms with E-state index in [1.807, 2.05) is 0 Å². The SMILES string of the molecule is CC/C=C/CC1(O)CNC1. The lowest BCUT2D eigenvalue weighted by atomic mass is 9.93. The maximum absolute atomic E-state index is 9.52. The van der Waals surface area contributed by atoms with Crippen LogP contribution in [0, 0.1) is 0 Å². The van der Waals surface area contributed by atoms with E-state index in [0.29, 0.717) is 0 Å². The molecule has 1 aliphatic rings. The Kier molecular flexibility index (Phi) is 2.46. The first-order valence-corrected chi connectivity index (χ1v) is 3.85. The van der Waals surface area contributed by atoms with Crippen LogP contribution in [0.25, 0.3) is 0 Å². The zero-order valence-electron chi connectivity index (χ0n) is 6.43. The highest BCUT2D eigenvalue weighted by atomic mass is 16.3. The Bertz CT molecular complexity index is 127. The second-order valence-corrected chi connectivity index (χ2v) is 2.91. The van der Waals surface area contributed by atoms with Gasteiger partial charge in [-0.1, -0.05) is 19.1 Å².